The average molecular weight is 574 g/mol. The predicted octanol–water partition coefficient (Wildman–Crippen LogP) is 4.91. The Kier molecular flexibility index (Phi) is 8.70. The highest BCUT2D eigenvalue weighted by molar-refractivity contribution is 6.30. The summed E-state index contributed by atoms with van der Waals surface area (Å²) in [4.78, 5) is 32.7. The molecule has 3 heterocycles. The van der Waals surface area contributed by atoms with Crippen molar-refractivity contribution in [2.75, 3.05) is 24.3 Å². The molecule has 210 valence electrons. The van der Waals surface area contributed by atoms with E-state index in [1.165, 1.54) is 24.2 Å². The highest BCUT2D eigenvalue weighted by Gasteiger charge is 2.18. The second-order valence-electron chi connectivity index (χ2n) is 9.19. The van der Waals surface area contributed by atoms with Gasteiger partial charge in [0.15, 0.2) is 0 Å². The maximum absolute atomic E-state index is 13.1. The standard InChI is InChI=1S/C28H28ClN9O3/c1-41-28(40)33-20-9-10-21-23(15-20)30-13-5-3-2-4-6-22(27-31-16-24(21)35-27)34-26(39)12-7-18-14-19(29)8-11-25(18)38-17-32-36-37-38/h2,4,7-12,14-17,22,30H,3,5-6,13H2,1H3,(H,31,35)(H,33,40)(H,34,39). The molecular formula is C28H28ClN9O3. The van der Waals surface area contributed by atoms with Crippen LogP contribution in [0.3, 0.4) is 0 Å². The second kappa shape index (κ2) is 12.9. The van der Waals surface area contributed by atoms with E-state index in [1.807, 2.05) is 18.2 Å². The summed E-state index contributed by atoms with van der Waals surface area (Å²) in [5, 5.41) is 21.0. The summed E-state index contributed by atoms with van der Waals surface area (Å²) in [6.07, 6.45) is 12.2. The molecule has 4 aromatic rings. The Balaban J connectivity index is 1.38. The summed E-state index contributed by atoms with van der Waals surface area (Å²) in [7, 11) is 1.32. The number of carbonyl (C=O) groups excluding carboxylic acids is 2. The van der Waals surface area contributed by atoms with E-state index in [9.17, 15) is 9.59 Å². The first-order chi connectivity index (χ1) is 20.0. The van der Waals surface area contributed by atoms with Crippen LogP contribution in [-0.2, 0) is 9.53 Å². The van der Waals surface area contributed by atoms with Crippen molar-refractivity contribution in [2.24, 2.45) is 0 Å². The number of carbonyl (C=O) groups is 2. The minimum absolute atomic E-state index is 0.297. The zero-order chi connectivity index (χ0) is 28.6. The Morgan fingerprint density at radius 1 is 1.20 bits per heavy atom. The molecule has 2 aromatic carbocycles. The largest absolute Gasteiger partial charge is 0.453 e. The molecule has 1 atom stereocenters. The first kappa shape index (κ1) is 27.6. The lowest BCUT2D eigenvalue weighted by Crippen LogP contribution is -2.27. The molecular weight excluding hydrogens is 546 g/mol. The van der Waals surface area contributed by atoms with Crippen LogP contribution in [-0.4, -0.2) is 55.8 Å². The quantitative estimate of drug-likeness (QED) is 0.194. The number of hydrogen-bond acceptors (Lipinski definition) is 8. The van der Waals surface area contributed by atoms with Crippen LogP contribution in [0.15, 0.2) is 67.2 Å². The van der Waals surface area contributed by atoms with E-state index in [2.05, 4.69) is 47.5 Å². The molecule has 13 heteroatoms. The van der Waals surface area contributed by atoms with Gasteiger partial charge in [-0.1, -0.05) is 23.8 Å². The summed E-state index contributed by atoms with van der Waals surface area (Å²) >= 11 is 6.20. The lowest BCUT2D eigenvalue weighted by molar-refractivity contribution is -0.117. The van der Waals surface area contributed by atoms with Crippen LogP contribution in [0.4, 0.5) is 16.2 Å². The third kappa shape index (κ3) is 6.97. The second-order valence-corrected chi connectivity index (χ2v) is 9.62. The van der Waals surface area contributed by atoms with E-state index in [0.717, 1.165) is 36.3 Å². The van der Waals surface area contributed by atoms with Gasteiger partial charge >= 0.3 is 6.09 Å². The number of fused-ring (bicyclic) bond motifs is 4. The molecule has 0 fully saturated rings. The molecule has 2 aromatic heterocycles. The van der Waals surface area contributed by atoms with Crippen molar-refractivity contribution in [3.63, 3.8) is 0 Å². The molecule has 1 aliphatic rings. The number of halogens is 1. The number of benzene rings is 2. The molecule has 5 rings (SSSR count). The molecule has 4 N–H and O–H groups in total. The summed E-state index contributed by atoms with van der Waals surface area (Å²) in [5.41, 5.74) is 4.46. The number of allylic oxidation sites excluding steroid dienone is 1. The SMILES string of the molecule is COC(=O)Nc1ccc2c(c1)NCCCC=CCC(NC(=O)C=Cc1cc(Cl)ccc1-n1cnnn1)c1ncc-2[nH]1. The number of ether oxygens (including phenoxy) is 1. The Morgan fingerprint density at radius 2 is 2.10 bits per heavy atom. The Labute approximate surface area is 240 Å². The molecule has 2 bridgehead atoms. The number of aromatic nitrogens is 6. The van der Waals surface area contributed by atoms with Crippen LogP contribution in [0.25, 0.3) is 23.0 Å². The fourth-order valence-corrected chi connectivity index (χ4v) is 4.56. The molecule has 0 radical (unpaired) electrons. The van der Waals surface area contributed by atoms with Gasteiger partial charge in [0, 0.05) is 40.1 Å². The maximum atomic E-state index is 13.1. The van der Waals surface area contributed by atoms with Gasteiger partial charge in [-0.2, -0.15) is 4.68 Å². The fraction of sp³-hybridized carbons (Fsp3) is 0.214. The van der Waals surface area contributed by atoms with Crippen molar-refractivity contribution in [3.8, 4) is 16.9 Å². The number of anilines is 2. The van der Waals surface area contributed by atoms with Gasteiger partial charge in [0.05, 0.1) is 30.7 Å². The Morgan fingerprint density at radius 3 is 2.93 bits per heavy atom. The van der Waals surface area contributed by atoms with Gasteiger partial charge in [-0.15, -0.1) is 5.10 Å². The van der Waals surface area contributed by atoms with Crippen molar-refractivity contribution >= 4 is 41.1 Å². The van der Waals surface area contributed by atoms with Crippen LogP contribution in [0, 0.1) is 0 Å². The lowest BCUT2D eigenvalue weighted by atomic mass is 10.1. The van der Waals surface area contributed by atoms with Crippen molar-refractivity contribution in [3.05, 3.63) is 83.6 Å². The number of aromatic amines is 1. The summed E-state index contributed by atoms with van der Waals surface area (Å²) in [5.74, 6) is 0.319. The highest BCUT2D eigenvalue weighted by atomic mass is 35.5. The molecule has 12 nitrogen and oxygen atoms in total. The van der Waals surface area contributed by atoms with Gasteiger partial charge in [0.2, 0.25) is 5.91 Å². The third-order valence-electron chi connectivity index (χ3n) is 6.38. The van der Waals surface area contributed by atoms with Crippen molar-refractivity contribution in [1.29, 1.82) is 0 Å². The van der Waals surface area contributed by atoms with Gasteiger partial charge in [0.1, 0.15) is 12.2 Å². The monoisotopic (exact) mass is 573 g/mol. The van der Waals surface area contributed by atoms with Crippen LogP contribution in [0.2, 0.25) is 5.02 Å². The van der Waals surface area contributed by atoms with Gasteiger partial charge in [-0.25, -0.2) is 9.78 Å². The van der Waals surface area contributed by atoms with Crippen molar-refractivity contribution in [1.82, 2.24) is 35.5 Å². The zero-order valence-electron chi connectivity index (χ0n) is 22.2. The van der Waals surface area contributed by atoms with Crippen LogP contribution in [0.1, 0.15) is 36.7 Å². The molecule has 41 heavy (non-hydrogen) atoms. The fourth-order valence-electron chi connectivity index (χ4n) is 4.38. The first-order valence-corrected chi connectivity index (χ1v) is 13.3. The highest BCUT2D eigenvalue weighted by Crippen LogP contribution is 2.31. The normalized spacial score (nSPS) is 15.1. The van der Waals surface area contributed by atoms with Gasteiger partial charge in [0.25, 0.3) is 0 Å². The van der Waals surface area contributed by atoms with E-state index in [1.54, 1.807) is 36.5 Å². The maximum Gasteiger partial charge on any atom is 0.411 e. The van der Waals surface area contributed by atoms with E-state index in [-0.39, 0.29) is 5.91 Å². The number of amides is 2. The van der Waals surface area contributed by atoms with Crippen LogP contribution in [0.5, 0.6) is 0 Å². The number of methoxy groups -OCH3 is 1. The Bertz CT molecular complexity index is 1580. The molecule has 0 saturated carbocycles. The number of rotatable bonds is 5. The number of nitrogens with zero attached hydrogens (tertiary/aromatic N) is 5. The van der Waals surface area contributed by atoms with Gasteiger partial charge in [-0.05, 0) is 72.2 Å². The average Bonchev–Trinajstić information content (AvgIpc) is 3.68. The molecule has 0 saturated heterocycles. The number of tetrazole rings is 1. The molecule has 1 unspecified atom stereocenters. The van der Waals surface area contributed by atoms with Crippen LogP contribution < -0.4 is 16.0 Å². The topological polar surface area (TPSA) is 152 Å². The molecule has 0 aliphatic carbocycles. The Hall–Kier alpha value is -4.97. The predicted molar refractivity (Wildman–Crippen MR) is 156 cm³/mol. The first-order valence-electron chi connectivity index (χ1n) is 12.9. The van der Waals surface area contributed by atoms with E-state index in [4.69, 9.17) is 16.3 Å². The number of imidazole rings is 1. The van der Waals surface area contributed by atoms with Crippen LogP contribution >= 0.6 is 11.6 Å². The molecule has 0 spiro atoms. The van der Waals surface area contributed by atoms with Gasteiger partial charge in [-0.3, -0.25) is 10.1 Å². The van der Waals surface area contributed by atoms with Crippen molar-refractivity contribution in [2.45, 2.75) is 25.3 Å². The van der Waals surface area contributed by atoms with Crippen molar-refractivity contribution < 1.29 is 14.3 Å². The smallest absolute Gasteiger partial charge is 0.411 e. The number of hydrogen-bond donors (Lipinski definition) is 4. The lowest BCUT2D eigenvalue weighted by Gasteiger charge is -2.14. The minimum Gasteiger partial charge on any atom is -0.453 e. The summed E-state index contributed by atoms with van der Waals surface area (Å²) in [6, 6.07) is 10.4. The van der Waals surface area contributed by atoms with Gasteiger partial charge < -0.3 is 20.4 Å². The molecule has 2 amide bonds. The van der Waals surface area contributed by atoms with E-state index in [0.29, 0.717) is 34.2 Å². The molecule has 1 aliphatic heterocycles. The van der Waals surface area contributed by atoms with E-state index >= 15 is 0 Å². The van der Waals surface area contributed by atoms with E-state index < -0.39 is 12.1 Å². The zero-order valence-corrected chi connectivity index (χ0v) is 22.9. The third-order valence-corrected chi connectivity index (χ3v) is 6.62. The number of nitrogens with one attached hydrogen (secondary N) is 4. The number of H-pyrrole nitrogens is 1. The minimum atomic E-state index is -0.543. The summed E-state index contributed by atoms with van der Waals surface area (Å²) < 4.78 is 6.21. The summed E-state index contributed by atoms with van der Waals surface area (Å²) in [6.45, 7) is 0.737.